The van der Waals surface area contributed by atoms with Crippen LogP contribution < -0.4 is 10.5 Å². The highest BCUT2D eigenvalue weighted by Crippen LogP contribution is 2.25. The van der Waals surface area contributed by atoms with Crippen LogP contribution in [0.4, 0.5) is 5.69 Å². The fourth-order valence-electron chi connectivity index (χ4n) is 1.09. The summed E-state index contributed by atoms with van der Waals surface area (Å²) in [5.41, 5.74) is 9.94. The Balaban J connectivity index is 2.76. The van der Waals surface area contributed by atoms with Crippen LogP contribution in [-0.4, -0.2) is 6.61 Å². The molecule has 3 heteroatoms. The number of nitrogens with two attached hydrogens (primary N) is 1. The van der Waals surface area contributed by atoms with Crippen LogP contribution in [0.1, 0.15) is 12.5 Å². The zero-order valence-corrected chi connectivity index (χ0v) is 9.14. The normalized spacial score (nSPS) is 11.5. The molecule has 0 atom stereocenters. The Morgan fingerprint density at radius 1 is 1.57 bits per heavy atom. The lowest BCUT2D eigenvalue weighted by molar-refractivity contribution is 0.352. The molecular formula is C11H14ClNO. The Morgan fingerprint density at radius 3 is 2.86 bits per heavy atom. The molecule has 14 heavy (non-hydrogen) atoms. The van der Waals surface area contributed by atoms with Crippen LogP contribution in [0.15, 0.2) is 29.3 Å². The predicted octanol–water partition coefficient (Wildman–Crippen LogP) is 3.10. The first-order chi connectivity index (χ1) is 6.65. The highest BCUT2D eigenvalue weighted by atomic mass is 35.5. The predicted molar refractivity (Wildman–Crippen MR) is 60.7 cm³/mol. The van der Waals surface area contributed by atoms with Crippen LogP contribution in [-0.2, 0) is 0 Å². The number of para-hydroxylation sites is 1. The smallest absolute Gasteiger partial charge is 0.145 e. The summed E-state index contributed by atoms with van der Waals surface area (Å²) in [6.07, 6.45) is 0. The second-order valence-electron chi connectivity index (χ2n) is 3.24. The number of aryl methyl sites for hydroxylation is 1. The van der Waals surface area contributed by atoms with E-state index in [0.717, 1.165) is 16.9 Å². The van der Waals surface area contributed by atoms with Crippen molar-refractivity contribution in [3.8, 4) is 5.75 Å². The molecule has 0 heterocycles. The third-order valence-electron chi connectivity index (χ3n) is 1.87. The molecule has 0 aliphatic carbocycles. The number of rotatable bonds is 3. The first-order valence-electron chi connectivity index (χ1n) is 4.39. The van der Waals surface area contributed by atoms with Crippen LogP contribution in [0, 0.1) is 6.92 Å². The molecule has 76 valence electrons. The van der Waals surface area contributed by atoms with Gasteiger partial charge in [-0.15, -0.1) is 0 Å². The Bertz CT molecular complexity index is 327. The summed E-state index contributed by atoms with van der Waals surface area (Å²) >= 11 is 5.52. The summed E-state index contributed by atoms with van der Waals surface area (Å²) in [5.74, 6) is 0.741. The molecule has 1 aromatic rings. The van der Waals surface area contributed by atoms with Gasteiger partial charge in [0.2, 0.25) is 0 Å². The van der Waals surface area contributed by atoms with E-state index in [0.29, 0.717) is 12.3 Å². The van der Waals surface area contributed by atoms with E-state index >= 15 is 0 Å². The van der Waals surface area contributed by atoms with Gasteiger partial charge in [-0.25, -0.2) is 0 Å². The molecular weight excluding hydrogens is 198 g/mol. The molecule has 0 fully saturated rings. The number of nitrogen functional groups attached to an aromatic ring is 1. The van der Waals surface area contributed by atoms with Crippen LogP contribution in [0.25, 0.3) is 0 Å². The highest BCUT2D eigenvalue weighted by molar-refractivity contribution is 6.25. The average Bonchev–Trinajstić information content (AvgIpc) is 2.16. The van der Waals surface area contributed by atoms with Crippen LogP contribution in [0.5, 0.6) is 5.75 Å². The van der Waals surface area contributed by atoms with Gasteiger partial charge < -0.3 is 10.5 Å². The van der Waals surface area contributed by atoms with Crippen molar-refractivity contribution >= 4 is 17.3 Å². The summed E-state index contributed by atoms with van der Waals surface area (Å²) in [4.78, 5) is 0. The Kier molecular flexibility index (Phi) is 3.84. The first kappa shape index (κ1) is 10.9. The summed E-state index contributed by atoms with van der Waals surface area (Å²) in [6.45, 7) is 4.34. The standard InChI is InChI=1S/C11H14ClNO/c1-8(6-12)7-14-11-9(2)4-3-5-10(11)13/h3-6H,7,13H2,1-2H3/b8-6-. The van der Waals surface area contributed by atoms with Gasteiger partial charge in [-0.3, -0.25) is 0 Å². The minimum Gasteiger partial charge on any atom is -0.487 e. The second-order valence-corrected chi connectivity index (χ2v) is 3.46. The number of hydrogen-bond acceptors (Lipinski definition) is 2. The lowest BCUT2D eigenvalue weighted by Crippen LogP contribution is -2.02. The maximum absolute atomic E-state index is 5.77. The van der Waals surface area contributed by atoms with E-state index in [1.807, 2.05) is 32.0 Å². The topological polar surface area (TPSA) is 35.2 Å². The third-order valence-corrected chi connectivity index (χ3v) is 2.25. The van der Waals surface area contributed by atoms with Crippen LogP contribution in [0.2, 0.25) is 0 Å². The molecule has 0 saturated heterocycles. The van der Waals surface area contributed by atoms with Gasteiger partial charge in [0.05, 0.1) is 5.69 Å². The number of ether oxygens (including phenoxy) is 1. The fraction of sp³-hybridized carbons (Fsp3) is 0.273. The van der Waals surface area contributed by atoms with Gasteiger partial charge in [-0.1, -0.05) is 23.7 Å². The van der Waals surface area contributed by atoms with E-state index in [1.54, 1.807) is 0 Å². The maximum Gasteiger partial charge on any atom is 0.145 e. The molecule has 1 aromatic carbocycles. The Labute approximate surface area is 89.3 Å². The lowest BCUT2D eigenvalue weighted by Gasteiger charge is -2.11. The van der Waals surface area contributed by atoms with Gasteiger partial charge in [0.25, 0.3) is 0 Å². The quantitative estimate of drug-likeness (QED) is 0.780. The molecule has 1 rings (SSSR count). The first-order valence-corrected chi connectivity index (χ1v) is 4.82. The number of benzene rings is 1. The monoisotopic (exact) mass is 211 g/mol. The van der Waals surface area contributed by atoms with Crippen molar-refractivity contribution in [2.24, 2.45) is 0 Å². The molecule has 0 spiro atoms. The number of halogens is 1. The molecule has 0 aliphatic heterocycles. The fourth-order valence-corrected chi connectivity index (χ4v) is 1.15. The third kappa shape index (κ3) is 2.67. The van der Waals surface area contributed by atoms with Crippen LogP contribution >= 0.6 is 11.6 Å². The van der Waals surface area contributed by atoms with Crippen molar-refractivity contribution < 1.29 is 4.74 Å². The zero-order chi connectivity index (χ0) is 10.6. The lowest BCUT2D eigenvalue weighted by atomic mass is 10.2. The highest BCUT2D eigenvalue weighted by Gasteiger charge is 2.03. The molecule has 2 N–H and O–H groups in total. The molecule has 2 nitrogen and oxygen atoms in total. The summed E-state index contributed by atoms with van der Waals surface area (Å²) < 4.78 is 5.54. The van der Waals surface area contributed by atoms with E-state index in [2.05, 4.69) is 0 Å². The van der Waals surface area contributed by atoms with E-state index < -0.39 is 0 Å². The van der Waals surface area contributed by atoms with E-state index in [4.69, 9.17) is 22.1 Å². The van der Waals surface area contributed by atoms with E-state index in [9.17, 15) is 0 Å². The van der Waals surface area contributed by atoms with Gasteiger partial charge in [0, 0.05) is 5.54 Å². The second kappa shape index (κ2) is 4.91. The van der Waals surface area contributed by atoms with E-state index in [1.165, 1.54) is 5.54 Å². The maximum atomic E-state index is 5.77. The van der Waals surface area contributed by atoms with Crippen molar-refractivity contribution in [3.05, 3.63) is 34.9 Å². The molecule has 0 bridgehead atoms. The van der Waals surface area contributed by atoms with Crippen LogP contribution in [0.3, 0.4) is 0 Å². The number of anilines is 1. The minimum absolute atomic E-state index is 0.471. The van der Waals surface area contributed by atoms with Gasteiger partial charge in [-0.05, 0) is 31.1 Å². The summed E-state index contributed by atoms with van der Waals surface area (Å²) in [7, 11) is 0. The zero-order valence-electron chi connectivity index (χ0n) is 8.38. The SMILES string of the molecule is C/C(=C/Cl)COc1c(C)cccc1N. The Morgan fingerprint density at radius 2 is 2.29 bits per heavy atom. The largest absolute Gasteiger partial charge is 0.487 e. The van der Waals surface area contributed by atoms with Crippen molar-refractivity contribution in [2.75, 3.05) is 12.3 Å². The Hall–Kier alpha value is -1.15. The van der Waals surface area contributed by atoms with Gasteiger partial charge in [0.15, 0.2) is 0 Å². The summed E-state index contributed by atoms with van der Waals surface area (Å²) in [6, 6.07) is 5.69. The molecule has 0 radical (unpaired) electrons. The summed E-state index contributed by atoms with van der Waals surface area (Å²) in [5, 5.41) is 0. The molecule has 0 aromatic heterocycles. The molecule has 0 aliphatic rings. The van der Waals surface area contributed by atoms with E-state index in [-0.39, 0.29) is 0 Å². The van der Waals surface area contributed by atoms with Gasteiger partial charge in [0.1, 0.15) is 12.4 Å². The van der Waals surface area contributed by atoms with Crippen molar-refractivity contribution in [3.63, 3.8) is 0 Å². The minimum atomic E-state index is 0.471. The molecule has 0 saturated carbocycles. The number of hydrogen-bond donors (Lipinski definition) is 1. The average molecular weight is 212 g/mol. The van der Waals surface area contributed by atoms with Gasteiger partial charge in [-0.2, -0.15) is 0 Å². The molecule has 0 amide bonds. The van der Waals surface area contributed by atoms with Gasteiger partial charge >= 0.3 is 0 Å². The van der Waals surface area contributed by atoms with Crippen molar-refractivity contribution in [1.82, 2.24) is 0 Å². The van der Waals surface area contributed by atoms with Crippen molar-refractivity contribution in [2.45, 2.75) is 13.8 Å². The molecule has 0 unspecified atom stereocenters. The van der Waals surface area contributed by atoms with Crippen molar-refractivity contribution in [1.29, 1.82) is 0 Å².